The fraction of sp³-hybridized carbons (Fsp3) is 0.240. The quantitative estimate of drug-likeness (QED) is 0.489. The van der Waals surface area contributed by atoms with Gasteiger partial charge in [-0.3, -0.25) is 4.90 Å². The molecular weight excluding hydrogens is 389 g/mol. The van der Waals surface area contributed by atoms with Crippen molar-refractivity contribution in [3.63, 3.8) is 0 Å². The second kappa shape index (κ2) is 8.49. The lowest BCUT2D eigenvalue weighted by atomic mass is 10.1. The van der Waals surface area contributed by atoms with Gasteiger partial charge < -0.3 is 9.47 Å². The van der Waals surface area contributed by atoms with Crippen molar-refractivity contribution in [3.8, 4) is 22.6 Å². The van der Waals surface area contributed by atoms with E-state index >= 15 is 0 Å². The molecule has 1 aliphatic heterocycles. The van der Waals surface area contributed by atoms with Crippen LogP contribution in [0.25, 0.3) is 22.6 Å². The van der Waals surface area contributed by atoms with Gasteiger partial charge in [0.2, 0.25) is 0 Å². The fourth-order valence-corrected chi connectivity index (χ4v) is 4.11. The lowest BCUT2D eigenvalue weighted by Crippen LogP contribution is -2.43. The predicted molar refractivity (Wildman–Crippen MR) is 121 cm³/mol. The van der Waals surface area contributed by atoms with E-state index in [4.69, 9.17) is 5.10 Å². The summed E-state index contributed by atoms with van der Waals surface area (Å²) in [4.78, 5) is 4.86. The highest BCUT2D eigenvalue weighted by molar-refractivity contribution is 5.64. The molecular formula is C25H26FN5. The van der Waals surface area contributed by atoms with Crippen LogP contribution < -0.4 is 0 Å². The monoisotopic (exact) mass is 415 g/mol. The van der Waals surface area contributed by atoms with E-state index in [-0.39, 0.29) is 5.82 Å². The zero-order valence-corrected chi connectivity index (χ0v) is 17.7. The maximum atomic E-state index is 13.2. The Bertz CT molecular complexity index is 1120. The first-order valence-corrected chi connectivity index (χ1v) is 10.6. The highest BCUT2D eigenvalue weighted by atomic mass is 19.1. The Morgan fingerprint density at radius 3 is 2.10 bits per heavy atom. The third-order valence-corrected chi connectivity index (χ3v) is 5.95. The number of nitrogens with zero attached hydrogens (tertiary/aromatic N) is 5. The molecule has 31 heavy (non-hydrogen) atoms. The molecule has 0 atom stereocenters. The summed E-state index contributed by atoms with van der Waals surface area (Å²) in [5.41, 5.74) is 4.26. The number of rotatable bonds is 5. The maximum Gasteiger partial charge on any atom is 0.144 e. The molecule has 6 heteroatoms. The van der Waals surface area contributed by atoms with Gasteiger partial charge in [-0.25, -0.2) is 9.07 Å². The molecule has 1 saturated heterocycles. The molecule has 0 bridgehead atoms. The van der Waals surface area contributed by atoms with Gasteiger partial charge in [0.05, 0.1) is 11.9 Å². The number of benzene rings is 2. The molecule has 1 fully saturated rings. The normalized spacial score (nSPS) is 15.4. The summed E-state index contributed by atoms with van der Waals surface area (Å²) in [5, 5.41) is 4.75. The number of aromatic nitrogens is 3. The van der Waals surface area contributed by atoms with Gasteiger partial charge in [-0.1, -0.05) is 24.3 Å². The Hall–Kier alpha value is -3.22. The van der Waals surface area contributed by atoms with Crippen molar-refractivity contribution in [1.29, 1.82) is 0 Å². The molecule has 2 aromatic carbocycles. The van der Waals surface area contributed by atoms with Gasteiger partial charge in [0.15, 0.2) is 0 Å². The minimum absolute atomic E-state index is 0.221. The Kier molecular flexibility index (Phi) is 5.40. The van der Waals surface area contributed by atoms with E-state index in [1.54, 1.807) is 12.1 Å². The standard InChI is InChI=1S/C25H26FN5/c1-28-14-16-29(17-15-28)19-22-18-27-31(25(22)30-12-2-3-13-30)24-10-6-21(7-11-24)20-4-8-23(26)9-5-20/h2-13,18H,14-17,19H2,1H3. The molecule has 158 valence electrons. The van der Waals surface area contributed by atoms with Gasteiger partial charge in [0.1, 0.15) is 11.6 Å². The van der Waals surface area contributed by atoms with Crippen molar-refractivity contribution in [3.05, 3.63) is 90.6 Å². The zero-order valence-electron chi connectivity index (χ0n) is 17.7. The van der Waals surface area contributed by atoms with Crippen molar-refractivity contribution < 1.29 is 4.39 Å². The second-order valence-corrected chi connectivity index (χ2v) is 8.13. The van der Waals surface area contributed by atoms with E-state index in [9.17, 15) is 4.39 Å². The summed E-state index contributed by atoms with van der Waals surface area (Å²) in [6.45, 7) is 5.21. The highest BCUT2D eigenvalue weighted by Gasteiger charge is 2.19. The predicted octanol–water partition coefficient (Wildman–Crippen LogP) is 4.22. The topological polar surface area (TPSA) is 29.2 Å². The molecule has 0 unspecified atom stereocenters. The summed E-state index contributed by atoms with van der Waals surface area (Å²) in [6, 6.07) is 18.9. The molecule has 0 N–H and O–H groups in total. The Labute approximate surface area is 181 Å². The first-order valence-electron chi connectivity index (χ1n) is 10.6. The Morgan fingerprint density at radius 1 is 0.839 bits per heavy atom. The minimum atomic E-state index is -0.221. The lowest BCUT2D eigenvalue weighted by Gasteiger charge is -2.32. The van der Waals surface area contributed by atoms with Gasteiger partial charge in [0.25, 0.3) is 0 Å². The molecule has 0 radical (unpaired) electrons. The average Bonchev–Trinajstić information content (AvgIpc) is 3.46. The molecule has 0 amide bonds. The van der Waals surface area contributed by atoms with E-state index < -0.39 is 0 Å². The fourth-order valence-electron chi connectivity index (χ4n) is 4.11. The van der Waals surface area contributed by atoms with Gasteiger partial charge >= 0.3 is 0 Å². The molecule has 0 saturated carbocycles. The molecule has 0 spiro atoms. The van der Waals surface area contributed by atoms with Crippen LogP contribution in [0.4, 0.5) is 4.39 Å². The molecule has 0 aliphatic carbocycles. The third kappa shape index (κ3) is 4.17. The lowest BCUT2D eigenvalue weighted by molar-refractivity contribution is 0.148. The number of likely N-dealkylation sites (N-methyl/N-ethyl adjacent to an activating group) is 1. The number of halogens is 1. The van der Waals surface area contributed by atoms with Crippen LogP contribution in [-0.4, -0.2) is 57.4 Å². The summed E-state index contributed by atoms with van der Waals surface area (Å²) in [6.07, 6.45) is 6.11. The summed E-state index contributed by atoms with van der Waals surface area (Å²) in [5.74, 6) is 0.847. The van der Waals surface area contributed by atoms with Crippen LogP contribution in [0.15, 0.2) is 79.3 Å². The van der Waals surface area contributed by atoms with Crippen LogP contribution in [-0.2, 0) is 6.54 Å². The van der Waals surface area contributed by atoms with E-state index in [1.807, 2.05) is 23.0 Å². The number of piperazine rings is 1. The largest absolute Gasteiger partial charge is 0.308 e. The first-order chi connectivity index (χ1) is 15.2. The molecule has 1 aliphatic rings. The van der Waals surface area contributed by atoms with Crippen LogP contribution in [0.5, 0.6) is 0 Å². The van der Waals surface area contributed by atoms with E-state index in [1.165, 1.54) is 17.7 Å². The van der Waals surface area contributed by atoms with Crippen LogP contribution in [0.1, 0.15) is 5.56 Å². The van der Waals surface area contributed by atoms with Crippen molar-refractivity contribution in [2.24, 2.45) is 0 Å². The highest BCUT2D eigenvalue weighted by Crippen LogP contribution is 2.25. The van der Waals surface area contributed by atoms with Crippen molar-refractivity contribution >= 4 is 0 Å². The SMILES string of the molecule is CN1CCN(Cc2cnn(-c3ccc(-c4ccc(F)cc4)cc3)c2-n2cccc2)CC1. The Balaban J connectivity index is 1.46. The Morgan fingerprint density at radius 2 is 1.45 bits per heavy atom. The van der Waals surface area contributed by atoms with Gasteiger partial charge in [-0.15, -0.1) is 0 Å². The summed E-state index contributed by atoms with van der Waals surface area (Å²) < 4.78 is 17.4. The van der Waals surface area contributed by atoms with E-state index in [2.05, 4.69) is 58.1 Å². The summed E-state index contributed by atoms with van der Waals surface area (Å²) in [7, 11) is 2.18. The molecule has 5 rings (SSSR count). The van der Waals surface area contributed by atoms with Crippen molar-refractivity contribution in [2.45, 2.75) is 6.54 Å². The third-order valence-electron chi connectivity index (χ3n) is 5.95. The summed E-state index contributed by atoms with van der Waals surface area (Å²) >= 11 is 0. The first kappa shape index (κ1) is 19.7. The smallest absolute Gasteiger partial charge is 0.144 e. The molecule has 2 aromatic heterocycles. The molecule has 3 heterocycles. The zero-order chi connectivity index (χ0) is 21.2. The van der Waals surface area contributed by atoms with E-state index in [0.717, 1.165) is 55.4 Å². The molecule has 5 nitrogen and oxygen atoms in total. The van der Waals surface area contributed by atoms with Crippen molar-refractivity contribution in [2.75, 3.05) is 33.2 Å². The number of hydrogen-bond donors (Lipinski definition) is 0. The number of hydrogen-bond acceptors (Lipinski definition) is 3. The molecule has 4 aromatic rings. The van der Waals surface area contributed by atoms with Gasteiger partial charge in [0, 0.05) is 50.7 Å². The second-order valence-electron chi connectivity index (χ2n) is 8.13. The van der Waals surface area contributed by atoms with E-state index in [0.29, 0.717) is 0 Å². The van der Waals surface area contributed by atoms with Gasteiger partial charge in [-0.2, -0.15) is 5.10 Å². The van der Waals surface area contributed by atoms with Crippen molar-refractivity contribution in [1.82, 2.24) is 24.1 Å². The van der Waals surface area contributed by atoms with Crippen LogP contribution >= 0.6 is 0 Å². The average molecular weight is 416 g/mol. The maximum absolute atomic E-state index is 13.2. The minimum Gasteiger partial charge on any atom is -0.308 e. The van der Waals surface area contributed by atoms with Crippen LogP contribution in [0.3, 0.4) is 0 Å². The van der Waals surface area contributed by atoms with Crippen LogP contribution in [0, 0.1) is 5.82 Å². The van der Waals surface area contributed by atoms with Gasteiger partial charge in [-0.05, 0) is 54.6 Å². The van der Waals surface area contributed by atoms with Crippen LogP contribution in [0.2, 0.25) is 0 Å².